The molecule has 0 aliphatic heterocycles. The van der Waals surface area contributed by atoms with E-state index in [9.17, 15) is 4.79 Å². The highest BCUT2D eigenvalue weighted by Crippen LogP contribution is 2.31. The van der Waals surface area contributed by atoms with Gasteiger partial charge in [-0.15, -0.1) is 0 Å². The van der Waals surface area contributed by atoms with Gasteiger partial charge in [0, 0.05) is 22.4 Å². The maximum atomic E-state index is 11.6. The first-order chi connectivity index (χ1) is 9.16. The Hall–Kier alpha value is -2.23. The van der Waals surface area contributed by atoms with Gasteiger partial charge in [-0.25, -0.2) is 9.97 Å². The van der Waals surface area contributed by atoms with E-state index in [1.54, 1.807) is 6.07 Å². The number of rotatable bonds is 2. The summed E-state index contributed by atoms with van der Waals surface area (Å²) in [7, 11) is 0. The summed E-state index contributed by atoms with van der Waals surface area (Å²) in [6.45, 7) is 1.88. The molecule has 1 heterocycles. The summed E-state index contributed by atoms with van der Waals surface area (Å²) in [4.78, 5) is 20.6. The maximum absolute atomic E-state index is 11.6. The van der Waals surface area contributed by atoms with Crippen LogP contribution in [0.1, 0.15) is 33.9 Å². The molecule has 1 aliphatic rings. The molecule has 0 bridgehead atoms. The highest BCUT2D eigenvalue weighted by Gasteiger charge is 2.21. The molecule has 0 radical (unpaired) electrons. The fourth-order valence-electron chi connectivity index (χ4n) is 2.68. The Morgan fingerprint density at radius 3 is 2.79 bits per heavy atom. The normalized spacial score (nSPS) is 13.3. The molecule has 1 aromatic heterocycles. The zero-order valence-electron chi connectivity index (χ0n) is 10.8. The van der Waals surface area contributed by atoms with Crippen molar-refractivity contribution in [3.8, 4) is 11.3 Å². The molecule has 2 N–H and O–H groups in total. The molecular formula is C15H15N3O. The summed E-state index contributed by atoms with van der Waals surface area (Å²) in [6, 6.07) is 7.37. The smallest absolute Gasteiger partial charge is 0.249 e. The lowest BCUT2D eigenvalue weighted by atomic mass is 9.99. The molecule has 0 saturated heterocycles. The zero-order chi connectivity index (χ0) is 13.4. The number of nitrogens with two attached hydrogens (primary N) is 1. The molecule has 0 atom stereocenters. The van der Waals surface area contributed by atoms with Crippen LogP contribution in [0, 0.1) is 6.92 Å². The number of hydrogen-bond acceptors (Lipinski definition) is 3. The quantitative estimate of drug-likeness (QED) is 0.890. The molecule has 96 valence electrons. The van der Waals surface area contributed by atoms with Crippen LogP contribution in [-0.2, 0) is 12.8 Å². The zero-order valence-corrected chi connectivity index (χ0v) is 10.8. The van der Waals surface area contributed by atoms with E-state index in [0.29, 0.717) is 5.56 Å². The summed E-state index contributed by atoms with van der Waals surface area (Å²) >= 11 is 0. The van der Waals surface area contributed by atoms with Crippen LogP contribution >= 0.6 is 0 Å². The van der Waals surface area contributed by atoms with Gasteiger partial charge in [0.2, 0.25) is 5.91 Å². The van der Waals surface area contributed by atoms with Gasteiger partial charge < -0.3 is 5.73 Å². The molecule has 1 aliphatic carbocycles. The Bertz CT molecular complexity index is 664. The summed E-state index contributed by atoms with van der Waals surface area (Å²) in [5.74, 6) is 0.327. The SMILES string of the molecule is Cc1nc2c(c(-c3ccccc3C(N)=O)n1)CCC2. The summed E-state index contributed by atoms with van der Waals surface area (Å²) in [6.07, 6.45) is 3.06. The number of nitrogens with zero attached hydrogens (tertiary/aromatic N) is 2. The second kappa shape index (κ2) is 4.46. The van der Waals surface area contributed by atoms with Crippen molar-refractivity contribution >= 4 is 5.91 Å². The Morgan fingerprint density at radius 1 is 1.21 bits per heavy atom. The number of carbonyl (C=O) groups is 1. The summed E-state index contributed by atoms with van der Waals surface area (Å²) < 4.78 is 0. The van der Waals surface area contributed by atoms with Gasteiger partial charge in [0.15, 0.2) is 0 Å². The van der Waals surface area contributed by atoms with E-state index in [1.807, 2.05) is 25.1 Å². The summed E-state index contributed by atoms with van der Waals surface area (Å²) in [5, 5.41) is 0. The second-order valence-corrected chi connectivity index (χ2v) is 4.81. The van der Waals surface area contributed by atoms with E-state index in [1.165, 1.54) is 5.56 Å². The number of fused-ring (bicyclic) bond motifs is 1. The molecule has 3 rings (SSSR count). The van der Waals surface area contributed by atoms with Crippen LogP contribution in [0.15, 0.2) is 24.3 Å². The molecule has 1 amide bonds. The molecule has 1 aromatic carbocycles. The van der Waals surface area contributed by atoms with Gasteiger partial charge in [0.1, 0.15) is 5.82 Å². The van der Waals surface area contributed by atoms with Gasteiger partial charge in [-0.05, 0) is 32.3 Å². The third kappa shape index (κ3) is 1.99. The van der Waals surface area contributed by atoms with Crippen molar-refractivity contribution in [3.05, 3.63) is 46.9 Å². The Labute approximate surface area is 111 Å². The molecule has 0 saturated carbocycles. The molecule has 0 unspecified atom stereocenters. The fraction of sp³-hybridized carbons (Fsp3) is 0.267. The van der Waals surface area contributed by atoms with Crippen LogP contribution in [0.4, 0.5) is 0 Å². The van der Waals surface area contributed by atoms with Gasteiger partial charge in [-0.1, -0.05) is 18.2 Å². The number of amides is 1. The lowest BCUT2D eigenvalue weighted by Gasteiger charge is -2.11. The predicted octanol–water partition coefficient (Wildman–Crippen LogP) is 2.04. The van der Waals surface area contributed by atoms with Gasteiger partial charge in [-0.2, -0.15) is 0 Å². The number of primary amides is 1. The standard InChI is InChI=1S/C15H15N3O/c1-9-17-13-8-4-7-12(13)14(18-9)10-5-2-3-6-11(10)15(16)19/h2-3,5-6H,4,7-8H2,1H3,(H2,16,19). The van der Waals surface area contributed by atoms with Crippen molar-refractivity contribution in [1.82, 2.24) is 9.97 Å². The first-order valence-electron chi connectivity index (χ1n) is 6.42. The Morgan fingerprint density at radius 2 is 2.00 bits per heavy atom. The van der Waals surface area contributed by atoms with Crippen LogP contribution in [0.2, 0.25) is 0 Å². The number of aryl methyl sites for hydroxylation is 2. The van der Waals surface area contributed by atoms with Gasteiger partial charge in [-0.3, -0.25) is 4.79 Å². The number of hydrogen-bond donors (Lipinski definition) is 1. The van der Waals surface area contributed by atoms with Gasteiger partial charge in [0.05, 0.1) is 5.69 Å². The minimum Gasteiger partial charge on any atom is -0.366 e. The van der Waals surface area contributed by atoms with E-state index in [4.69, 9.17) is 5.73 Å². The topological polar surface area (TPSA) is 68.9 Å². The fourth-order valence-corrected chi connectivity index (χ4v) is 2.68. The van der Waals surface area contributed by atoms with Crippen molar-refractivity contribution in [1.29, 1.82) is 0 Å². The third-order valence-electron chi connectivity index (χ3n) is 3.49. The first-order valence-corrected chi connectivity index (χ1v) is 6.42. The number of aromatic nitrogens is 2. The van der Waals surface area contributed by atoms with Crippen molar-refractivity contribution in [2.45, 2.75) is 26.2 Å². The lowest BCUT2D eigenvalue weighted by molar-refractivity contribution is 0.100. The third-order valence-corrected chi connectivity index (χ3v) is 3.49. The van der Waals surface area contributed by atoms with Crippen LogP contribution in [0.25, 0.3) is 11.3 Å². The van der Waals surface area contributed by atoms with Crippen molar-refractivity contribution < 1.29 is 4.79 Å². The van der Waals surface area contributed by atoms with E-state index >= 15 is 0 Å². The average Bonchev–Trinajstić information content (AvgIpc) is 2.85. The number of carbonyl (C=O) groups excluding carboxylic acids is 1. The van der Waals surface area contributed by atoms with Gasteiger partial charge >= 0.3 is 0 Å². The first kappa shape index (κ1) is 11.8. The van der Waals surface area contributed by atoms with Crippen LogP contribution < -0.4 is 5.73 Å². The molecule has 4 heteroatoms. The van der Waals surface area contributed by atoms with Crippen LogP contribution in [-0.4, -0.2) is 15.9 Å². The molecule has 0 spiro atoms. The van der Waals surface area contributed by atoms with E-state index in [2.05, 4.69) is 9.97 Å². The maximum Gasteiger partial charge on any atom is 0.249 e. The minimum absolute atomic E-state index is 0.418. The van der Waals surface area contributed by atoms with E-state index < -0.39 is 5.91 Å². The predicted molar refractivity (Wildman–Crippen MR) is 72.7 cm³/mol. The molecule has 0 fully saturated rings. The molecule has 19 heavy (non-hydrogen) atoms. The van der Waals surface area contributed by atoms with Crippen LogP contribution in [0.5, 0.6) is 0 Å². The Kier molecular flexibility index (Phi) is 2.78. The highest BCUT2D eigenvalue weighted by molar-refractivity contribution is 5.99. The largest absolute Gasteiger partial charge is 0.366 e. The number of benzene rings is 1. The van der Waals surface area contributed by atoms with E-state index in [-0.39, 0.29) is 0 Å². The van der Waals surface area contributed by atoms with Crippen molar-refractivity contribution in [2.75, 3.05) is 0 Å². The molecular weight excluding hydrogens is 238 g/mol. The van der Waals surface area contributed by atoms with Crippen molar-refractivity contribution in [3.63, 3.8) is 0 Å². The van der Waals surface area contributed by atoms with Crippen molar-refractivity contribution in [2.24, 2.45) is 5.73 Å². The summed E-state index contributed by atoms with van der Waals surface area (Å²) in [5.41, 5.74) is 9.94. The Balaban J connectivity index is 2.26. The minimum atomic E-state index is -0.418. The molecule has 2 aromatic rings. The second-order valence-electron chi connectivity index (χ2n) is 4.81. The highest BCUT2D eigenvalue weighted by atomic mass is 16.1. The molecule has 4 nitrogen and oxygen atoms in total. The lowest BCUT2D eigenvalue weighted by Crippen LogP contribution is -2.13. The monoisotopic (exact) mass is 253 g/mol. The van der Waals surface area contributed by atoms with Gasteiger partial charge in [0.25, 0.3) is 0 Å². The van der Waals surface area contributed by atoms with Crippen LogP contribution in [0.3, 0.4) is 0 Å². The van der Waals surface area contributed by atoms with E-state index in [0.717, 1.165) is 42.0 Å². The average molecular weight is 253 g/mol.